The van der Waals surface area contributed by atoms with E-state index in [2.05, 4.69) is 4.74 Å². The van der Waals surface area contributed by atoms with Crippen LogP contribution in [0.5, 0.6) is 0 Å². The fraction of sp³-hybridized carbons (Fsp3) is 1.00. The van der Waals surface area contributed by atoms with Crippen LogP contribution in [0.25, 0.3) is 0 Å². The van der Waals surface area contributed by atoms with Gasteiger partial charge in [-0.05, 0) is 6.92 Å². The molecule has 1 fully saturated rings. The summed E-state index contributed by atoms with van der Waals surface area (Å²) < 4.78 is 4.65. The number of rotatable bonds is 1. The van der Waals surface area contributed by atoms with Gasteiger partial charge in [-0.1, -0.05) is 0 Å². The van der Waals surface area contributed by atoms with Crippen molar-refractivity contribution < 1.29 is 25.2 Å². The Bertz CT molecular complexity index is 137. The van der Waals surface area contributed by atoms with Crippen molar-refractivity contribution in [3.05, 3.63) is 0 Å². The van der Waals surface area contributed by atoms with Crippen molar-refractivity contribution >= 4 is 0 Å². The van der Waals surface area contributed by atoms with Gasteiger partial charge in [0.15, 0.2) is 6.29 Å². The molecule has 1 aliphatic rings. The van der Waals surface area contributed by atoms with E-state index in [9.17, 15) is 0 Å². The summed E-state index contributed by atoms with van der Waals surface area (Å²) in [6.45, 7) is 1.42. The average Bonchev–Trinajstić information content (AvgIpc) is 2.17. The molecule has 0 aliphatic carbocycles. The van der Waals surface area contributed by atoms with Gasteiger partial charge in [0.25, 0.3) is 0 Å². The molecule has 1 aliphatic heterocycles. The molecule has 0 bridgehead atoms. The normalized spacial score (nSPS) is 47.7. The van der Waals surface area contributed by atoms with Crippen LogP contribution in [0.1, 0.15) is 6.92 Å². The second-order valence-electron chi connectivity index (χ2n) is 2.71. The van der Waals surface area contributed by atoms with E-state index in [1.807, 2.05) is 0 Å². The Morgan fingerprint density at radius 1 is 1.18 bits per heavy atom. The molecule has 1 rings (SSSR count). The Kier molecular flexibility index (Phi) is 2.46. The van der Waals surface area contributed by atoms with Crippen molar-refractivity contribution in [1.29, 1.82) is 0 Å². The zero-order valence-corrected chi connectivity index (χ0v) is 6.08. The van der Waals surface area contributed by atoms with Gasteiger partial charge in [0.05, 0.1) is 6.10 Å². The van der Waals surface area contributed by atoms with E-state index in [0.29, 0.717) is 0 Å². The number of aliphatic hydroxyl groups is 4. The SMILES string of the molecule is C[C@H](O)[C@@H]1OC(O)[C@H](O)[C@@H]1O. The fourth-order valence-electron chi connectivity index (χ4n) is 1.08. The zero-order chi connectivity index (χ0) is 8.59. The van der Waals surface area contributed by atoms with Gasteiger partial charge in [0, 0.05) is 0 Å². The lowest BCUT2D eigenvalue weighted by Crippen LogP contribution is -2.37. The minimum absolute atomic E-state index is 0.903. The Morgan fingerprint density at radius 2 is 1.73 bits per heavy atom. The van der Waals surface area contributed by atoms with Gasteiger partial charge >= 0.3 is 0 Å². The molecule has 0 aromatic rings. The first-order valence-electron chi connectivity index (χ1n) is 3.41. The van der Waals surface area contributed by atoms with Crippen LogP contribution >= 0.6 is 0 Å². The first-order valence-corrected chi connectivity index (χ1v) is 3.41. The maximum absolute atomic E-state index is 9.10. The van der Waals surface area contributed by atoms with E-state index in [1.54, 1.807) is 0 Å². The topological polar surface area (TPSA) is 90.2 Å². The van der Waals surface area contributed by atoms with Crippen LogP contribution in [0, 0.1) is 0 Å². The van der Waals surface area contributed by atoms with Crippen molar-refractivity contribution in [2.24, 2.45) is 0 Å². The largest absolute Gasteiger partial charge is 0.391 e. The fourth-order valence-corrected chi connectivity index (χ4v) is 1.08. The molecule has 0 saturated carbocycles. The summed E-state index contributed by atoms with van der Waals surface area (Å²) in [5, 5.41) is 35.8. The second-order valence-corrected chi connectivity index (χ2v) is 2.71. The highest BCUT2D eigenvalue weighted by molar-refractivity contribution is 4.88. The van der Waals surface area contributed by atoms with E-state index < -0.39 is 30.7 Å². The molecule has 11 heavy (non-hydrogen) atoms. The molecule has 1 saturated heterocycles. The van der Waals surface area contributed by atoms with Crippen LogP contribution in [0.2, 0.25) is 0 Å². The van der Waals surface area contributed by atoms with Crippen LogP contribution in [-0.2, 0) is 4.74 Å². The maximum Gasteiger partial charge on any atom is 0.184 e. The van der Waals surface area contributed by atoms with Gasteiger partial charge in [-0.3, -0.25) is 0 Å². The van der Waals surface area contributed by atoms with Crippen LogP contribution in [-0.4, -0.2) is 51.1 Å². The number of ether oxygens (including phenoxy) is 1. The molecule has 0 spiro atoms. The van der Waals surface area contributed by atoms with Gasteiger partial charge in [-0.25, -0.2) is 0 Å². The third-order valence-corrected chi connectivity index (χ3v) is 1.75. The van der Waals surface area contributed by atoms with Gasteiger partial charge in [0.1, 0.15) is 18.3 Å². The number of hydrogen-bond donors (Lipinski definition) is 4. The third-order valence-electron chi connectivity index (χ3n) is 1.75. The number of hydrogen-bond acceptors (Lipinski definition) is 5. The van der Waals surface area contributed by atoms with Gasteiger partial charge < -0.3 is 25.2 Å². The Hall–Kier alpha value is -0.200. The summed E-state index contributed by atoms with van der Waals surface area (Å²) in [4.78, 5) is 0. The minimum atomic E-state index is -1.40. The van der Waals surface area contributed by atoms with E-state index in [0.717, 1.165) is 0 Å². The van der Waals surface area contributed by atoms with Gasteiger partial charge in [-0.2, -0.15) is 0 Å². The lowest BCUT2D eigenvalue weighted by Gasteiger charge is -2.16. The van der Waals surface area contributed by atoms with E-state index in [4.69, 9.17) is 20.4 Å². The van der Waals surface area contributed by atoms with Crippen LogP contribution < -0.4 is 0 Å². The molecule has 5 nitrogen and oxygen atoms in total. The summed E-state index contributed by atoms with van der Waals surface area (Å²) in [6, 6.07) is 0. The molecular formula is C6H12O5. The quantitative estimate of drug-likeness (QED) is 0.353. The molecule has 5 atom stereocenters. The van der Waals surface area contributed by atoms with Crippen molar-refractivity contribution in [3.63, 3.8) is 0 Å². The van der Waals surface area contributed by atoms with E-state index in [-0.39, 0.29) is 0 Å². The van der Waals surface area contributed by atoms with Crippen LogP contribution in [0.15, 0.2) is 0 Å². The highest BCUT2D eigenvalue weighted by Gasteiger charge is 2.43. The molecule has 0 aromatic heterocycles. The Balaban J connectivity index is 2.59. The summed E-state index contributed by atoms with van der Waals surface area (Å²) in [5.74, 6) is 0. The van der Waals surface area contributed by atoms with Gasteiger partial charge in [-0.15, -0.1) is 0 Å². The molecule has 66 valence electrons. The highest BCUT2D eigenvalue weighted by Crippen LogP contribution is 2.21. The van der Waals surface area contributed by atoms with E-state index >= 15 is 0 Å². The Morgan fingerprint density at radius 3 is 1.91 bits per heavy atom. The first-order chi connectivity index (χ1) is 5.04. The van der Waals surface area contributed by atoms with Crippen LogP contribution in [0.4, 0.5) is 0 Å². The molecule has 1 heterocycles. The summed E-state index contributed by atoms with van der Waals surface area (Å²) >= 11 is 0. The molecule has 0 amide bonds. The predicted octanol–water partition coefficient (Wildman–Crippen LogP) is -2.19. The molecule has 0 aromatic carbocycles. The van der Waals surface area contributed by atoms with Crippen molar-refractivity contribution in [3.8, 4) is 0 Å². The monoisotopic (exact) mass is 164 g/mol. The standard InChI is InChI=1S/C6H12O5/c1-2(7)5-3(8)4(9)6(10)11-5/h2-10H,1H3/t2-,3-,4+,5-,6?/m0/s1. The molecule has 1 unspecified atom stereocenters. The summed E-state index contributed by atoms with van der Waals surface area (Å²) in [6.07, 6.45) is -5.75. The summed E-state index contributed by atoms with van der Waals surface area (Å²) in [5.41, 5.74) is 0. The lowest BCUT2D eigenvalue weighted by atomic mass is 10.1. The first kappa shape index (κ1) is 8.89. The third kappa shape index (κ3) is 1.52. The van der Waals surface area contributed by atoms with Crippen molar-refractivity contribution in [2.45, 2.75) is 37.6 Å². The molecule has 4 N–H and O–H groups in total. The zero-order valence-electron chi connectivity index (χ0n) is 6.08. The average molecular weight is 164 g/mol. The molecule has 5 heteroatoms. The van der Waals surface area contributed by atoms with Crippen molar-refractivity contribution in [2.75, 3.05) is 0 Å². The van der Waals surface area contributed by atoms with Crippen molar-refractivity contribution in [1.82, 2.24) is 0 Å². The smallest absolute Gasteiger partial charge is 0.184 e. The molecular weight excluding hydrogens is 152 g/mol. The minimum Gasteiger partial charge on any atom is -0.391 e. The molecule has 0 radical (unpaired) electrons. The van der Waals surface area contributed by atoms with Crippen LogP contribution in [0.3, 0.4) is 0 Å². The maximum atomic E-state index is 9.10. The number of aliphatic hydroxyl groups excluding tert-OH is 4. The second kappa shape index (κ2) is 3.04. The Labute approximate surface area is 63.8 Å². The van der Waals surface area contributed by atoms with Gasteiger partial charge in [0.2, 0.25) is 0 Å². The van der Waals surface area contributed by atoms with E-state index in [1.165, 1.54) is 6.92 Å². The lowest BCUT2D eigenvalue weighted by molar-refractivity contribution is -0.143. The highest BCUT2D eigenvalue weighted by atomic mass is 16.6. The summed E-state index contributed by atoms with van der Waals surface area (Å²) in [7, 11) is 0. The predicted molar refractivity (Wildman–Crippen MR) is 34.6 cm³/mol.